The molecule has 0 aliphatic carbocycles. The van der Waals surface area contributed by atoms with E-state index in [1.54, 1.807) is 0 Å². The second kappa shape index (κ2) is 5.41. The van der Waals surface area contributed by atoms with E-state index in [1.165, 1.54) is 11.7 Å². The van der Waals surface area contributed by atoms with E-state index in [1.807, 2.05) is 6.07 Å². The molecular formula is C14H8Cl2FN3O3. The molecule has 6 nitrogen and oxygen atoms in total. The summed E-state index contributed by atoms with van der Waals surface area (Å²) in [6, 6.07) is 2.88. The van der Waals surface area contributed by atoms with Crippen LogP contribution in [0.4, 0.5) is 4.39 Å². The maximum Gasteiger partial charge on any atom is 0.345 e. The Morgan fingerprint density at radius 3 is 2.87 bits per heavy atom. The monoisotopic (exact) mass is 355 g/mol. The molecule has 118 valence electrons. The fourth-order valence-electron chi connectivity index (χ4n) is 2.52. The zero-order chi connectivity index (χ0) is 16.9. The third-order valence-electron chi connectivity index (χ3n) is 3.54. The van der Waals surface area contributed by atoms with Gasteiger partial charge in [0.2, 0.25) is 0 Å². The number of rotatable bonds is 2. The van der Waals surface area contributed by atoms with E-state index in [0.29, 0.717) is 0 Å². The van der Waals surface area contributed by atoms with Gasteiger partial charge >= 0.3 is 5.97 Å². The fraction of sp³-hybridized carbons (Fsp3) is 0.214. The standard InChI is InChI=1S/C14H8Cl2FN3O3/c1-20-8(4-18)11(16)12(19-20)10-5-2-9(14(21)22)23-13(5)6(15)3-7(10)17/h3,9H,2H2,1H3,(H,21,22). The second-order valence-corrected chi connectivity index (χ2v) is 5.70. The average Bonchev–Trinajstić information content (AvgIpc) is 3.02. The van der Waals surface area contributed by atoms with Crippen LogP contribution in [0.3, 0.4) is 0 Å². The molecule has 3 rings (SSSR count). The lowest BCUT2D eigenvalue weighted by atomic mass is 9.99. The molecule has 0 spiro atoms. The van der Waals surface area contributed by atoms with Gasteiger partial charge in [0.1, 0.15) is 28.4 Å². The van der Waals surface area contributed by atoms with Gasteiger partial charge in [0.25, 0.3) is 0 Å². The van der Waals surface area contributed by atoms with E-state index >= 15 is 0 Å². The fourth-order valence-corrected chi connectivity index (χ4v) is 3.07. The van der Waals surface area contributed by atoms with Crippen molar-refractivity contribution in [2.24, 2.45) is 7.05 Å². The summed E-state index contributed by atoms with van der Waals surface area (Å²) in [6.07, 6.45) is -1.24. The summed E-state index contributed by atoms with van der Waals surface area (Å²) < 4.78 is 21.0. The van der Waals surface area contributed by atoms with E-state index in [-0.39, 0.29) is 44.7 Å². The maximum absolute atomic E-state index is 14.5. The summed E-state index contributed by atoms with van der Waals surface area (Å²) >= 11 is 12.1. The Morgan fingerprint density at radius 2 is 2.30 bits per heavy atom. The Bertz CT molecular complexity index is 889. The highest BCUT2D eigenvalue weighted by atomic mass is 35.5. The van der Waals surface area contributed by atoms with E-state index < -0.39 is 17.9 Å². The Morgan fingerprint density at radius 1 is 1.61 bits per heavy atom. The topological polar surface area (TPSA) is 88.1 Å². The number of aliphatic carboxylic acids is 1. The molecule has 9 heteroatoms. The van der Waals surface area contributed by atoms with Crippen molar-refractivity contribution in [3.63, 3.8) is 0 Å². The van der Waals surface area contributed by atoms with Crippen molar-refractivity contribution in [3.05, 3.63) is 33.2 Å². The third kappa shape index (κ3) is 2.31. The van der Waals surface area contributed by atoms with Gasteiger partial charge in [-0.3, -0.25) is 4.68 Å². The molecule has 1 aromatic carbocycles. The zero-order valence-corrected chi connectivity index (χ0v) is 13.1. The average molecular weight is 356 g/mol. The highest BCUT2D eigenvalue weighted by Gasteiger charge is 2.36. The van der Waals surface area contributed by atoms with Crippen molar-refractivity contribution in [2.45, 2.75) is 12.5 Å². The van der Waals surface area contributed by atoms with Crippen molar-refractivity contribution < 1.29 is 19.0 Å². The molecule has 0 radical (unpaired) electrons. The molecule has 0 saturated heterocycles. The molecule has 0 fully saturated rings. The van der Waals surface area contributed by atoms with Crippen LogP contribution in [0.1, 0.15) is 11.3 Å². The number of carboxylic acids is 1. The molecule has 0 amide bonds. The van der Waals surface area contributed by atoms with Crippen LogP contribution in [-0.2, 0) is 18.3 Å². The minimum atomic E-state index is -1.19. The lowest BCUT2D eigenvalue weighted by molar-refractivity contribution is -0.144. The molecule has 0 saturated carbocycles. The molecule has 1 unspecified atom stereocenters. The number of halogens is 3. The molecule has 1 atom stereocenters. The number of hydrogen-bond acceptors (Lipinski definition) is 4. The quantitative estimate of drug-likeness (QED) is 0.894. The van der Waals surface area contributed by atoms with Crippen molar-refractivity contribution in [2.75, 3.05) is 0 Å². The third-order valence-corrected chi connectivity index (χ3v) is 4.18. The van der Waals surface area contributed by atoms with Crippen LogP contribution in [0.15, 0.2) is 6.07 Å². The summed E-state index contributed by atoms with van der Waals surface area (Å²) in [4.78, 5) is 11.1. The van der Waals surface area contributed by atoms with Crippen LogP contribution in [-0.4, -0.2) is 27.0 Å². The Balaban J connectivity index is 2.26. The van der Waals surface area contributed by atoms with Crippen molar-refractivity contribution in [1.82, 2.24) is 9.78 Å². The van der Waals surface area contributed by atoms with E-state index in [9.17, 15) is 9.18 Å². The normalized spacial score (nSPS) is 15.9. The van der Waals surface area contributed by atoms with Gasteiger partial charge in [-0.05, 0) is 6.07 Å². The first kappa shape index (κ1) is 15.6. The van der Waals surface area contributed by atoms with Crippen LogP contribution >= 0.6 is 23.2 Å². The van der Waals surface area contributed by atoms with Gasteiger partial charge in [-0.1, -0.05) is 23.2 Å². The van der Waals surface area contributed by atoms with Gasteiger partial charge in [0.15, 0.2) is 11.8 Å². The number of hydrogen-bond donors (Lipinski definition) is 1. The minimum Gasteiger partial charge on any atom is -0.478 e. The first-order valence-electron chi connectivity index (χ1n) is 6.38. The van der Waals surface area contributed by atoms with Crippen molar-refractivity contribution >= 4 is 29.2 Å². The lowest BCUT2D eigenvalue weighted by Crippen LogP contribution is -2.24. The largest absolute Gasteiger partial charge is 0.478 e. The van der Waals surface area contributed by atoms with Crippen molar-refractivity contribution in [1.29, 1.82) is 5.26 Å². The molecule has 1 N–H and O–H groups in total. The van der Waals surface area contributed by atoms with Crippen LogP contribution in [0.5, 0.6) is 5.75 Å². The molecule has 1 aromatic heterocycles. The SMILES string of the molecule is Cn1nc(-c2c(F)cc(Cl)c3c2CC(C(=O)O)O3)c(Cl)c1C#N. The Labute approximate surface area is 139 Å². The van der Waals surface area contributed by atoms with E-state index in [0.717, 1.165) is 6.07 Å². The highest BCUT2D eigenvalue weighted by Crippen LogP contribution is 2.45. The summed E-state index contributed by atoms with van der Waals surface area (Å²) in [6.45, 7) is 0. The lowest BCUT2D eigenvalue weighted by Gasteiger charge is -2.08. The Kier molecular flexibility index (Phi) is 3.66. The summed E-state index contributed by atoms with van der Waals surface area (Å²) in [5.74, 6) is -1.81. The number of nitrogens with zero attached hydrogens (tertiary/aromatic N) is 3. The number of nitriles is 1. The molecule has 23 heavy (non-hydrogen) atoms. The van der Waals surface area contributed by atoms with Crippen LogP contribution in [0, 0.1) is 17.1 Å². The number of aryl methyl sites for hydroxylation is 1. The number of aromatic nitrogens is 2. The first-order chi connectivity index (χ1) is 10.8. The smallest absolute Gasteiger partial charge is 0.345 e. The van der Waals surface area contributed by atoms with Gasteiger partial charge in [-0.15, -0.1) is 0 Å². The zero-order valence-electron chi connectivity index (χ0n) is 11.6. The maximum atomic E-state index is 14.5. The molecule has 2 heterocycles. The molecule has 2 aromatic rings. The summed E-state index contributed by atoms with van der Waals surface area (Å²) in [5, 5.41) is 22.2. The molecular weight excluding hydrogens is 348 g/mol. The summed E-state index contributed by atoms with van der Waals surface area (Å²) in [7, 11) is 1.50. The number of carboxylic acid groups (broad SMARTS) is 1. The van der Waals surface area contributed by atoms with Gasteiger partial charge in [-0.2, -0.15) is 10.4 Å². The van der Waals surface area contributed by atoms with Gasteiger partial charge in [0, 0.05) is 24.6 Å². The van der Waals surface area contributed by atoms with E-state index in [2.05, 4.69) is 5.10 Å². The van der Waals surface area contributed by atoms with Crippen LogP contribution in [0.25, 0.3) is 11.3 Å². The predicted molar refractivity (Wildman–Crippen MR) is 79.1 cm³/mol. The molecule has 1 aliphatic rings. The van der Waals surface area contributed by atoms with Crippen LogP contribution < -0.4 is 4.74 Å². The number of benzene rings is 1. The first-order valence-corrected chi connectivity index (χ1v) is 7.14. The number of fused-ring (bicyclic) bond motifs is 1. The van der Waals surface area contributed by atoms with Gasteiger partial charge in [-0.25, -0.2) is 9.18 Å². The molecule has 1 aliphatic heterocycles. The number of ether oxygens (including phenoxy) is 1. The second-order valence-electron chi connectivity index (χ2n) is 4.92. The van der Waals surface area contributed by atoms with E-state index in [4.69, 9.17) is 38.3 Å². The minimum absolute atomic E-state index is 0.00440. The summed E-state index contributed by atoms with van der Waals surface area (Å²) in [5.41, 5.74) is 0.381. The number of carbonyl (C=O) groups is 1. The van der Waals surface area contributed by atoms with Gasteiger partial charge < -0.3 is 9.84 Å². The Hall–Kier alpha value is -2.30. The van der Waals surface area contributed by atoms with Crippen LogP contribution in [0.2, 0.25) is 10.0 Å². The van der Waals surface area contributed by atoms with Crippen molar-refractivity contribution in [3.8, 4) is 23.1 Å². The highest BCUT2D eigenvalue weighted by molar-refractivity contribution is 6.34. The molecule has 0 bridgehead atoms. The van der Waals surface area contributed by atoms with Gasteiger partial charge in [0.05, 0.1) is 5.02 Å². The predicted octanol–water partition coefficient (Wildman–Crippen LogP) is 2.79.